The summed E-state index contributed by atoms with van der Waals surface area (Å²) in [7, 11) is 0. The summed E-state index contributed by atoms with van der Waals surface area (Å²) in [6.45, 7) is 0.154. The van der Waals surface area contributed by atoms with Gasteiger partial charge in [-0.15, -0.1) is 0 Å². The second-order valence-electron chi connectivity index (χ2n) is 6.49. The molecule has 174 valence electrons. The first kappa shape index (κ1) is 24.8. The largest absolute Gasteiger partial charge is 0.478 e. The molecule has 0 spiro atoms. The number of hydrogen-bond acceptors (Lipinski definition) is 9. The molecule has 0 aliphatic rings. The van der Waals surface area contributed by atoms with E-state index >= 15 is 0 Å². The molecule has 0 radical (unpaired) electrons. The minimum absolute atomic E-state index is 0.114. The third-order valence-electron chi connectivity index (χ3n) is 4.29. The number of hydrogen-bond donors (Lipinski definition) is 4. The fourth-order valence-corrected chi connectivity index (χ4v) is 2.68. The van der Waals surface area contributed by atoms with E-state index in [1.807, 2.05) is 0 Å². The monoisotopic (exact) mass is 462 g/mol. The minimum Gasteiger partial charge on any atom is -0.478 e. The average molecular weight is 462 g/mol. The van der Waals surface area contributed by atoms with Gasteiger partial charge in [0.2, 0.25) is 0 Å². The molecule has 0 saturated carbocycles. The van der Waals surface area contributed by atoms with Crippen LogP contribution < -0.4 is 10.8 Å². The molecule has 2 aromatic rings. The van der Waals surface area contributed by atoms with E-state index in [9.17, 15) is 44.8 Å². The Morgan fingerprint density at radius 1 is 0.848 bits per heavy atom. The third kappa shape index (κ3) is 6.78. The number of carbonyl (C=O) groups excluding carboxylic acids is 1. The Labute approximate surface area is 185 Å². The van der Waals surface area contributed by atoms with E-state index in [-0.39, 0.29) is 42.1 Å². The lowest BCUT2D eigenvalue weighted by Gasteiger charge is -2.10. The number of benzene rings is 2. The van der Waals surface area contributed by atoms with Crippen molar-refractivity contribution >= 4 is 29.2 Å². The molecule has 0 saturated heterocycles. The first-order chi connectivity index (χ1) is 15.6. The summed E-state index contributed by atoms with van der Waals surface area (Å²) < 4.78 is 0. The highest BCUT2D eigenvalue weighted by molar-refractivity contribution is 6.05. The number of carboxylic acid groups (broad SMARTS) is 2. The number of nitro groups is 2. The van der Waals surface area contributed by atoms with Crippen molar-refractivity contribution in [2.45, 2.75) is 13.0 Å². The second-order valence-corrected chi connectivity index (χ2v) is 6.49. The fraction of sp³-hybridized carbons (Fsp3) is 0.211. The second kappa shape index (κ2) is 11.3. The molecule has 0 aromatic heterocycles. The molecule has 33 heavy (non-hydrogen) atoms. The van der Waals surface area contributed by atoms with Gasteiger partial charge in [0.15, 0.2) is 0 Å². The molecule has 0 heterocycles. The summed E-state index contributed by atoms with van der Waals surface area (Å²) in [5.74, 6) is -3.54. The number of nitrogens with one attached hydrogen (secondary N) is 2. The van der Waals surface area contributed by atoms with Crippen molar-refractivity contribution in [1.82, 2.24) is 10.8 Å². The predicted octanol–water partition coefficient (Wildman–Crippen LogP) is 1.74. The lowest BCUT2D eigenvalue weighted by molar-refractivity contribution is -0.385. The van der Waals surface area contributed by atoms with Crippen LogP contribution in [0.2, 0.25) is 0 Å². The van der Waals surface area contributed by atoms with Gasteiger partial charge in [-0.25, -0.2) is 15.1 Å². The van der Waals surface area contributed by atoms with E-state index in [4.69, 9.17) is 4.84 Å². The molecule has 0 atom stereocenters. The van der Waals surface area contributed by atoms with E-state index < -0.39 is 38.9 Å². The fourth-order valence-electron chi connectivity index (χ4n) is 2.68. The molecule has 0 unspecified atom stereocenters. The molecule has 0 aliphatic heterocycles. The van der Waals surface area contributed by atoms with Crippen LogP contribution in [0.5, 0.6) is 0 Å². The Bertz CT molecular complexity index is 1100. The van der Waals surface area contributed by atoms with Crippen molar-refractivity contribution in [2.75, 3.05) is 13.1 Å². The number of amides is 1. The number of carbonyl (C=O) groups is 3. The number of non-ortho nitro benzene ring substituents is 2. The van der Waals surface area contributed by atoms with Gasteiger partial charge in [0.25, 0.3) is 17.3 Å². The molecule has 0 bridgehead atoms. The summed E-state index contributed by atoms with van der Waals surface area (Å²) in [6, 6.07) is 6.25. The Morgan fingerprint density at radius 3 is 2.00 bits per heavy atom. The van der Waals surface area contributed by atoms with Gasteiger partial charge in [-0.05, 0) is 24.1 Å². The van der Waals surface area contributed by atoms with Gasteiger partial charge >= 0.3 is 11.9 Å². The summed E-state index contributed by atoms with van der Waals surface area (Å²) in [4.78, 5) is 60.0. The van der Waals surface area contributed by atoms with Gasteiger partial charge in [-0.2, -0.15) is 0 Å². The average Bonchev–Trinajstić information content (AvgIpc) is 2.77. The summed E-state index contributed by atoms with van der Waals surface area (Å²) >= 11 is 0. The third-order valence-corrected chi connectivity index (χ3v) is 4.29. The molecular weight excluding hydrogens is 444 g/mol. The van der Waals surface area contributed by atoms with Gasteiger partial charge in [0.05, 0.1) is 33.1 Å². The Morgan fingerprint density at radius 2 is 1.42 bits per heavy atom. The zero-order chi connectivity index (χ0) is 24.5. The number of hydroxylamine groups is 1. The molecule has 2 aromatic carbocycles. The Kier molecular flexibility index (Phi) is 8.48. The van der Waals surface area contributed by atoms with E-state index in [0.717, 1.165) is 30.3 Å². The van der Waals surface area contributed by atoms with Gasteiger partial charge in [-0.1, -0.05) is 0 Å². The molecule has 14 heteroatoms. The molecular formula is C19H18N4O10. The Hall–Kier alpha value is -4.43. The van der Waals surface area contributed by atoms with Gasteiger partial charge in [0, 0.05) is 37.4 Å². The molecule has 2 rings (SSSR count). The van der Waals surface area contributed by atoms with Crippen LogP contribution in [-0.4, -0.2) is 51.0 Å². The van der Waals surface area contributed by atoms with Crippen molar-refractivity contribution in [3.05, 3.63) is 78.9 Å². The highest BCUT2D eigenvalue weighted by Gasteiger charge is 2.20. The summed E-state index contributed by atoms with van der Waals surface area (Å²) in [5.41, 5.74) is 0.960. The number of aromatic carboxylic acids is 2. The van der Waals surface area contributed by atoms with Crippen LogP contribution in [0.15, 0.2) is 36.4 Å². The maximum Gasteiger partial charge on any atom is 0.336 e. The van der Waals surface area contributed by atoms with Crippen LogP contribution in [0.3, 0.4) is 0 Å². The van der Waals surface area contributed by atoms with Crippen LogP contribution in [0.1, 0.15) is 43.1 Å². The van der Waals surface area contributed by atoms with Crippen molar-refractivity contribution in [3.8, 4) is 0 Å². The van der Waals surface area contributed by atoms with Crippen LogP contribution in [0.4, 0.5) is 11.4 Å². The molecule has 14 nitrogen and oxygen atoms in total. The lowest BCUT2D eigenvalue weighted by atomic mass is 10.1. The SMILES string of the molecule is O=C(O)c1cc([N+](=O)[O-])ccc1CONCCCNC(=O)c1ccc([N+](=O)[O-])cc1C(=O)O. The number of rotatable bonds is 12. The number of nitrogens with zero attached hydrogens (tertiary/aromatic N) is 2. The lowest BCUT2D eigenvalue weighted by Crippen LogP contribution is -2.28. The van der Waals surface area contributed by atoms with Crippen molar-refractivity contribution in [1.29, 1.82) is 0 Å². The summed E-state index contributed by atoms with van der Waals surface area (Å²) in [5, 5.41) is 42.4. The van der Waals surface area contributed by atoms with E-state index in [2.05, 4.69) is 10.8 Å². The molecule has 1 amide bonds. The molecule has 0 fully saturated rings. The van der Waals surface area contributed by atoms with Crippen LogP contribution in [-0.2, 0) is 11.4 Å². The van der Waals surface area contributed by atoms with Crippen LogP contribution in [0, 0.1) is 20.2 Å². The maximum atomic E-state index is 12.2. The standard InChI is InChI=1S/C19H18N4O10/c24-17(14-5-4-13(23(31)32)9-16(14)19(27)28)20-6-1-7-21-33-10-11-2-3-12(22(29)30)8-15(11)18(25)26/h2-5,8-9,21H,1,6-7,10H2,(H,20,24)(H,25,26)(H,27,28). The smallest absolute Gasteiger partial charge is 0.336 e. The summed E-state index contributed by atoms with van der Waals surface area (Å²) in [6.07, 6.45) is 0.340. The number of nitro benzene ring substituents is 2. The first-order valence-electron chi connectivity index (χ1n) is 9.27. The molecule has 0 aliphatic carbocycles. The van der Waals surface area contributed by atoms with Crippen LogP contribution in [0.25, 0.3) is 0 Å². The topological polar surface area (TPSA) is 211 Å². The zero-order valence-electron chi connectivity index (χ0n) is 16.8. The molecule has 4 N–H and O–H groups in total. The highest BCUT2D eigenvalue weighted by atomic mass is 16.6. The first-order valence-corrected chi connectivity index (χ1v) is 9.27. The zero-order valence-corrected chi connectivity index (χ0v) is 16.8. The maximum absolute atomic E-state index is 12.2. The highest BCUT2D eigenvalue weighted by Crippen LogP contribution is 2.19. The van der Waals surface area contributed by atoms with Crippen molar-refractivity contribution in [3.63, 3.8) is 0 Å². The Balaban J connectivity index is 1.81. The van der Waals surface area contributed by atoms with Crippen LogP contribution >= 0.6 is 0 Å². The van der Waals surface area contributed by atoms with E-state index in [1.165, 1.54) is 6.07 Å². The van der Waals surface area contributed by atoms with Gasteiger partial charge in [-0.3, -0.25) is 29.9 Å². The minimum atomic E-state index is -1.48. The van der Waals surface area contributed by atoms with Gasteiger partial charge < -0.3 is 15.5 Å². The van der Waals surface area contributed by atoms with Gasteiger partial charge in [0.1, 0.15) is 0 Å². The number of carboxylic acids is 2. The quantitative estimate of drug-likeness (QED) is 0.202. The van der Waals surface area contributed by atoms with Crippen molar-refractivity contribution < 1.29 is 39.3 Å². The predicted molar refractivity (Wildman–Crippen MR) is 110 cm³/mol. The normalized spacial score (nSPS) is 10.4. The van der Waals surface area contributed by atoms with E-state index in [1.54, 1.807) is 0 Å². The van der Waals surface area contributed by atoms with Crippen molar-refractivity contribution in [2.24, 2.45) is 0 Å². The van der Waals surface area contributed by atoms with E-state index in [0.29, 0.717) is 6.42 Å².